The molecule has 0 fully saturated rings. The summed E-state index contributed by atoms with van der Waals surface area (Å²) in [4.78, 5) is 24.7. The average molecular weight is 438 g/mol. The molecule has 8 heteroatoms. The van der Waals surface area contributed by atoms with Gasteiger partial charge in [-0.2, -0.15) is 13.2 Å². The Kier molecular flexibility index (Phi) is 5.02. The van der Waals surface area contributed by atoms with Crippen LogP contribution in [0.4, 0.5) is 13.2 Å². The Morgan fingerprint density at radius 2 is 1.87 bits per heavy atom. The van der Waals surface area contributed by atoms with Crippen molar-refractivity contribution in [2.24, 2.45) is 0 Å². The van der Waals surface area contributed by atoms with E-state index in [1.54, 1.807) is 6.92 Å². The highest BCUT2D eigenvalue weighted by Crippen LogP contribution is 2.30. The SMILES string of the molecule is Cc1cc(=O)n([C@H](C)CI)c(=O)n1-c1cccc(C(F)(F)F)c1. The van der Waals surface area contributed by atoms with Crippen LogP contribution in [0.5, 0.6) is 0 Å². The van der Waals surface area contributed by atoms with Crippen molar-refractivity contribution in [2.75, 3.05) is 4.43 Å². The monoisotopic (exact) mass is 438 g/mol. The van der Waals surface area contributed by atoms with E-state index in [1.807, 2.05) is 22.6 Å². The first-order valence-electron chi connectivity index (χ1n) is 6.75. The van der Waals surface area contributed by atoms with Gasteiger partial charge < -0.3 is 0 Å². The van der Waals surface area contributed by atoms with Gasteiger partial charge in [-0.25, -0.2) is 4.79 Å². The third kappa shape index (κ3) is 3.51. The van der Waals surface area contributed by atoms with Gasteiger partial charge in [-0.05, 0) is 32.0 Å². The van der Waals surface area contributed by atoms with Gasteiger partial charge in [0.05, 0.1) is 11.3 Å². The molecule has 0 saturated carbocycles. The number of halogens is 4. The molecule has 0 aliphatic rings. The van der Waals surface area contributed by atoms with E-state index in [2.05, 4.69) is 0 Å². The first-order valence-corrected chi connectivity index (χ1v) is 8.28. The molecule has 23 heavy (non-hydrogen) atoms. The number of aromatic nitrogens is 2. The van der Waals surface area contributed by atoms with Crippen molar-refractivity contribution in [3.05, 3.63) is 62.4 Å². The van der Waals surface area contributed by atoms with Gasteiger partial charge in [0, 0.05) is 22.2 Å². The van der Waals surface area contributed by atoms with Crippen LogP contribution in [0.3, 0.4) is 0 Å². The summed E-state index contributed by atoms with van der Waals surface area (Å²) < 4.78 is 41.3. The number of rotatable bonds is 3. The predicted octanol–water partition coefficient (Wildman–Crippen LogP) is 3.32. The molecule has 0 radical (unpaired) electrons. The summed E-state index contributed by atoms with van der Waals surface area (Å²) in [6.07, 6.45) is -4.50. The van der Waals surface area contributed by atoms with E-state index in [0.717, 1.165) is 21.3 Å². The number of hydrogen-bond acceptors (Lipinski definition) is 2. The fraction of sp³-hybridized carbons (Fsp3) is 0.333. The quantitative estimate of drug-likeness (QED) is 0.546. The zero-order valence-corrected chi connectivity index (χ0v) is 14.6. The van der Waals surface area contributed by atoms with Crippen molar-refractivity contribution < 1.29 is 13.2 Å². The largest absolute Gasteiger partial charge is 0.416 e. The Morgan fingerprint density at radius 3 is 2.43 bits per heavy atom. The maximum absolute atomic E-state index is 12.9. The molecule has 0 bridgehead atoms. The number of alkyl halides is 4. The summed E-state index contributed by atoms with van der Waals surface area (Å²) in [7, 11) is 0. The topological polar surface area (TPSA) is 44.0 Å². The van der Waals surface area contributed by atoms with Gasteiger partial charge in [0.25, 0.3) is 5.56 Å². The average Bonchev–Trinajstić information content (AvgIpc) is 2.45. The van der Waals surface area contributed by atoms with Crippen LogP contribution < -0.4 is 11.2 Å². The summed E-state index contributed by atoms with van der Waals surface area (Å²) in [6, 6.07) is 5.39. The Morgan fingerprint density at radius 1 is 1.22 bits per heavy atom. The fourth-order valence-electron chi connectivity index (χ4n) is 2.28. The third-order valence-electron chi connectivity index (χ3n) is 3.42. The Hall–Kier alpha value is -1.58. The van der Waals surface area contributed by atoms with E-state index in [9.17, 15) is 22.8 Å². The molecule has 1 heterocycles. The van der Waals surface area contributed by atoms with E-state index in [-0.39, 0.29) is 17.4 Å². The van der Waals surface area contributed by atoms with Crippen LogP contribution in [0.1, 0.15) is 24.2 Å². The van der Waals surface area contributed by atoms with Crippen LogP contribution in [-0.2, 0) is 6.18 Å². The van der Waals surface area contributed by atoms with Gasteiger partial charge in [0.2, 0.25) is 0 Å². The number of benzene rings is 1. The molecular weight excluding hydrogens is 424 g/mol. The zero-order valence-electron chi connectivity index (χ0n) is 12.4. The number of nitrogens with zero attached hydrogens (tertiary/aromatic N) is 2. The molecule has 2 rings (SSSR count). The van der Waals surface area contributed by atoms with Crippen LogP contribution in [0.15, 0.2) is 39.9 Å². The maximum atomic E-state index is 12.9. The molecule has 0 N–H and O–H groups in total. The molecule has 0 amide bonds. The first-order chi connectivity index (χ1) is 10.7. The van der Waals surface area contributed by atoms with Crippen LogP contribution in [-0.4, -0.2) is 13.6 Å². The number of aryl methyl sites for hydroxylation is 1. The predicted molar refractivity (Wildman–Crippen MR) is 89.6 cm³/mol. The normalized spacial score (nSPS) is 13.1. The molecule has 1 aromatic heterocycles. The van der Waals surface area contributed by atoms with Crippen molar-refractivity contribution in [3.63, 3.8) is 0 Å². The molecule has 0 aliphatic heterocycles. The molecule has 2 aromatic rings. The zero-order chi connectivity index (χ0) is 17.4. The second kappa shape index (κ2) is 6.50. The maximum Gasteiger partial charge on any atom is 0.416 e. The lowest BCUT2D eigenvalue weighted by atomic mass is 10.2. The molecule has 0 aliphatic carbocycles. The van der Waals surface area contributed by atoms with Crippen molar-refractivity contribution in [3.8, 4) is 5.69 Å². The number of hydrogen-bond donors (Lipinski definition) is 0. The fourth-order valence-corrected chi connectivity index (χ4v) is 2.67. The van der Waals surface area contributed by atoms with Gasteiger partial charge in [-0.15, -0.1) is 0 Å². The van der Waals surface area contributed by atoms with E-state index >= 15 is 0 Å². The highest BCUT2D eigenvalue weighted by atomic mass is 127. The standard InChI is InChI=1S/C15H14F3IN2O2/c1-9-6-13(22)21(10(2)8-19)14(23)20(9)12-5-3-4-11(7-12)15(16,17)18/h3-7,10H,8H2,1-2H3/t10-/m1/s1. The van der Waals surface area contributed by atoms with Crippen LogP contribution in [0.2, 0.25) is 0 Å². The van der Waals surface area contributed by atoms with Crippen LogP contribution in [0.25, 0.3) is 5.69 Å². The Bertz CT molecular complexity index is 840. The summed E-state index contributed by atoms with van der Waals surface area (Å²) in [5, 5.41) is 0. The van der Waals surface area contributed by atoms with E-state index in [4.69, 9.17) is 0 Å². The van der Waals surface area contributed by atoms with Crippen molar-refractivity contribution in [2.45, 2.75) is 26.1 Å². The van der Waals surface area contributed by atoms with Gasteiger partial charge in [0.1, 0.15) is 0 Å². The van der Waals surface area contributed by atoms with Gasteiger partial charge in [0.15, 0.2) is 0 Å². The third-order valence-corrected chi connectivity index (χ3v) is 4.69. The second-order valence-corrected chi connectivity index (χ2v) is 6.04. The lowest BCUT2D eigenvalue weighted by Gasteiger charge is -2.17. The van der Waals surface area contributed by atoms with Gasteiger partial charge in [-0.3, -0.25) is 13.9 Å². The van der Waals surface area contributed by atoms with E-state index in [0.29, 0.717) is 4.43 Å². The minimum atomic E-state index is -4.50. The van der Waals surface area contributed by atoms with E-state index < -0.39 is 23.0 Å². The Balaban J connectivity index is 2.75. The van der Waals surface area contributed by atoms with Crippen molar-refractivity contribution in [1.82, 2.24) is 9.13 Å². The molecule has 0 spiro atoms. The minimum absolute atomic E-state index is 0.0803. The summed E-state index contributed by atoms with van der Waals surface area (Å²) >= 11 is 2.04. The second-order valence-electron chi connectivity index (χ2n) is 5.16. The highest BCUT2D eigenvalue weighted by Gasteiger charge is 2.30. The lowest BCUT2D eigenvalue weighted by molar-refractivity contribution is -0.137. The highest BCUT2D eigenvalue weighted by molar-refractivity contribution is 14.1. The van der Waals surface area contributed by atoms with Crippen LogP contribution in [0, 0.1) is 6.92 Å². The molecule has 4 nitrogen and oxygen atoms in total. The lowest BCUT2D eigenvalue weighted by Crippen LogP contribution is -2.42. The van der Waals surface area contributed by atoms with Gasteiger partial charge >= 0.3 is 11.9 Å². The Labute approximate surface area is 143 Å². The first kappa shape index (κ1) is 17.8. The van der Waals surface area contributed by atoms with Crippen molar-refractivity contribution in [1.29, 1.82) is 0 Å². The van der Waals surface area contributed by atoms with Gasteiger partial charge in [-0.1, -0.05) is 28.7 Å². The molecule has 0 unspecified atom stereocenters. The molecule has 1 aromatic carbocycles. The smallest absolute Gasteiger partial charge is 0.269 e. The molecule has 0 saturated heterocycles. The molecular formula is C15H14F3IN2O2. The van der Waals surface area contributed by atoms with Crippen LogP contribution >= 0.6 is 22.6 Å². The summed E-state index contributed by atoms with van der Waals surface area (Å²) in [6.45, 7) is 3.23. The summed E-state index contributed by atoms with van der Waals surface area (Å²) in [5.41, 5.74) is -1.58. The van der Waals surface area contributed by atoms with E-state index in [1.165, 1.54) is 25.1 Å². The molecule has 1 atom stereocenters. The molecule has 124 valence electrons. The minimum Gasteiger partial charge on any atom is -0.269 e. The van der Waals surface area contributed by atoms with Crippen molar-refractivity contribution >= 4 is 22.6 Å². The summed E-state index contributed by atoms with van der Waals surface area (Å²) in [5.74, 6) is 0.